The number of rotatable bonds is 5. The van der Waals surface area contributed by atoms with E-state index >= 15 is 0 Å². The molecule has 1 nitrogen and oxygen atoms in total. The minimum atomic E-state index is -0.741. The molecule has 0 aliphatic heterocycles. The lowest BCUT2D eigenvalue weighted by Gasteiger charge is -2.14. The Bertz CT molecular complexity index is 431. The largest absolute Gasteiger partial charge is 0.316 e. The van der Waals surface area contributed by atoms with Gasteiger partial charge in [-0.15, -0.1) is 0 Å². The van der Waals surface area contributed by atoms with E-state index in [-0.39, 0.29) is 5.41 Å². The molecule has 3 heteroatoms. The highest BCUT2D eigenvalue weighted by molar-refractivity contribution is 5.34. The van der Waals surface area contributed by atoms with Crippen LogP contribution in [0.15, 0.2) is 18.2 Å². The molecule has 2 rings (SSSR count). The number of benzene rings is 1. The van der Waals surface area contributed by atoms with Crippen LogP contribution in [0.3, 0.4) is 0 Å². The predicted octanol–water partition coefficient (Wildman–Crippen LogP) is 3.49. The molecule has 0 spiro atoms. The van der Waals surface area contributed by atoms with Crippen molar-refractivity contribution in [3.8, 4) is 0 Å². The predicted molar refractivity (Wildman–Crippen MR) is 69.5 cm³/mol. The normalized spacial score (nSPS) is 26.7. The smallest absolute Gasteiger partial charge is 0.162 e. The lowest BCUT2D eigenvalue weighted by atomic mass is 9.94. The first-order chi connectivity index (χ1) is 8.45. The van der Waals surface area contributed by atoms with Gasteiger partial charge in [-0.1, -0.05) is 32.9 Å². The van der Waals surface area contributed by atoms with Gasteiger partial charge in [0.15, 0.2) is 11.6 Å². The summed E-state index contributed by atoms with van der Waals surface area (Å²) in [4.78, 5) is 0. The average Bonchev–Trinajstić information content (AvgIpc) is 2.94. The van der Waals surface area contributed by atoms with Crippen LogP contribution in [0.1, 0.15) is 32.8 Å². The van der Waals surface area contributed by atoms with Crippen molar-refractivity contribution in [2.75, 3.05) is 13.1 Å². The topological polar surface area (TPSA) is 12.0 Å². The second-order valence-corrected chi connectivity index (χ2v) is 5.97. The van der Waals surface area contributed by atoms with Crippen LogP contribution in [0, 0.1) is 23.5 Å². The SMILES string of the molecule is CC(C)CNCC1CC1(C)c1cccc(F)c1F. The summed E-state index contributed by atoms with van der Waals surface area (Å²) in [7, 11) is 0. The van der Waals surface area contributed by atoms with E-state index in [0.717, 1.165) is 19.5 Å². The molecular formula is C15H21F2N. The highest BCUT2D eigenvalue weighted by Gasteiger charge is 2.52. The second-order valence-electron chi connectivity index (χ2n) is 5.97. The molecule has 18 heavy (non-hydrogen) atoms. The van der Waals surface area contributed by atoms with Crippen LogP contribution in [-0.2, 0) is 5.41 Å². The molecule has 0 saturated heterocycles. The highest BCUT2D eigenvalue weighted by atomic mass is 19.2. The molecule has 1 aromatic rings. The van der Waals surface area contributed by atoms with Crippen LogP contribution in [0.4, 0.5) is 8.78 Å². The van der Waals surface area contributed by atoms with Gasteiger partial charge in [0.2, 0.25) is 0 Å². The van der Waals surface area contributed by atoms with E-state index in [1.165, 1.54) is 6.07 Å². The second kappa shape index (κ2) is 4.96. The van der Waals surface area contributed by atoms with Crippen molar-refractivity contribution in [1.82, 2.24) is 5.32 Å². The first kappa shape index (κ1) is 13.5. The van der Waals surface area contributed by atoms with Crippen molar-refractivity contribution in [2.45, 2.75) is 32.6 Å². The summed E-state index contributed by atoms with van der Waals surface area (Å²) in [5.41, 5.74) is 0.328. The summed E-state index contributed by atoms with van der Waals surface area (Å²) in [5, 5.41) is 3.39. The minimum Gasteiger partial charge on any atom is -0.316 e. The zero-order valence-corrected chi connectivity index (χ0v) is 11.3. The maximum Gasteiger partial charge on any atom is 0.162 e. The van der Waals surface area contributed by atoms with Gasteiger partial charge in [-0.05, 0) is 48.4 Å². The van der Waals surface area contributed by atoms with Gasteiger partial charge in [0.05, 0.1) is 0 Å². The van der Waals surface area contributed by atoms with Crippen molar-refractivity contribution in [3.63, 3.8) is 0 Å². The number of nitrogens with one attached hydrogen (secondary N) is 1. The third kappa shape index (κ3) is 2.56. The van der Waals surface area contributed by atoms with Crippen molar-refractivity contribution in [3.05, 3.63) is 35.4 Å². The van der Waals surface area contributed by atoms with Gasteiger partial charge >= 0.3 is 0 Å². The van der Waals surface area contributed by atoms with Crippen LogP contribution in [0.2, 0.25) is 0 Å². The maximum atomic E-state index is 13.8. The van der Waals surface area contributed by atoms with Crippen LogP contribution in [0.5, 0.6) is 0 Å². The quantitative estimate of drug-likeness (QED) is 0.847. The van der Waals surface area contributed by atoms with Gasteiger partial charge in [0.1, 0.15) is 0 Å². The van der Waals surface area contributed by atoms with Gasteiger partial charge in [-0.2, -0.15) is 0 Å². The molecule has 2 unspecified atom stereocenters. The van der Waals surface area contributed by atoms with Crippen LogP contribution in [0.25, 0.3) is 0 Å². The summed E-state index contributed by atoms with van der Waals surface area (Å²) in [6.07, 6.45) is 0.929. The molecule has 1 aliphatic rings. The van der Waals surface area contributed by atoms with E-state index in [1.54, 1.807) is 12.1 Å². The Balaban J connectivity index is 2.00. The minimum absolute atomic E-state index is 0.198. The van der Waals surface area contributed by atoms with E-state index in [2.05, 4.69) is 19.2 Å². The molecule has 0 amide bonds. The zero-order chi connectivity index (χ0) is 13.3. The Labute approximate surface area is 108 Å². The number of hydrogen-bond acceptors (Lipinski definition) is 1. The van der Waals surface area contributed by atoms with Crippen LogP contribution in [-0.4, -0.2) is 13.1 Å². The molecule has 2 atom stereocenters. The number of halogens is 2. The van der Waals surface area contributed by atoms with E-state index in [0.29, 0.717) is 17.4 Å². The molecule has 1 N–H and O–H groups in total. The molecule has 100 valence electrons. The Kier molecular flexibility index (Phi) is 3.71. The summed E-state index contributed by atoms with van der Waals surface area (Å²) < 4.78 is 27.0. The van der Waals surface area contributed by atoms with Crippen molar-refractivity contribution in [1.29, 1.82) is 0 Å². The van der Waals surface area contributed by atoms with Gasteiger partial charge in [0, 0.05) is 0 Å². The molecule has 1 aromatic carbocycles. The molecule has 0 heterocycles. The van der Waals surface area contributed by atoms with Gasteiger partial charge < -0.3 is 5.32 Å². The monoisotopic (exact) mass is 253 g/mol. The molecular weight excluding hydrogens is 232 g/mol. The summed E-state index contributed by atoms with van der Waals surface area (Å²) in [6.45, 7) is 8.19. The fourth-order valence-electron chi connectivity index (χ4n) is 2.57. The van der Waals surface area contributed by atoms with Gasteiger partial charge in [0.25, 0.3) is 0 Å². The van der Waals surface area contributed by atoms with E-state index < -0.39 is 11.6 Å². The maximum absolute atomic E-state index is 13.8. The number of hydrogen-bond donors (Lipinski definition) is 1. The fourth-order valence-corrected chi connectivity index (χ4v) is 2.57. The highest BCUT2D eigenvalue weighted by Crippen LogP contribution is 2.54. The van der Waals surface area contributed by atoms with Crippen molar-refractivity contribution < 1.29 is 8.78 Å². The molecule has 0 aromatic heterocycles. The standard InChI is InChI=1S/C15H21F2N/c1-10(2)8-18-9-11-7-15(11,3)12-5-4-6-13(16)14(12)17/h4-6,10-11,18H,7-9H2,1-3H3. The van der Waals surface area contributed by atoms with E-state index in [9.17, 15) is 8.78 Å². The lowest BCUT2D eigenvalue weighted by molar-refractivity contribution is 0.473. The summed E-state index contributed by atoms with van der Waals surface area (Å²) >= 11 is 0. The lowest BCUT2D eigenvalue weighted by Crippen LogP contribution is -2.24. The van der Waals surface area contributed by atoms with Crippen molar-refractivity contribution in [2.24, 2.45) is 11.8 Å². The van der Waals surface area contributed by atoms with Crippen molar-refractivity contribution >= 4 is 0 Å². The average molecular weight is 253 g/mol. The van der Waals surface area contributed by atoms with Crippen LogP contribution >= 0.6 is 0 Å². The van der Waals surface area contributed by atoms with Crippen LogP contribution < -0.4 is 5.32 Å². The fraction of sp³-hybridized carbons (Fsp3) is 0.600. The Hall–Kier alpha value is -0.960. The Morgan fingerprint density at radius 2 is 2.11 bits per heavy atom. The first-order valence-corrected chi connectivity index (χ1v) is 6.60. The summed E-state index contributed by atoms with van der Waals surface area (Å²) in [6, 6.07) is 4.48. The van der Waals surface area contributed by atoms with Gasteiger partial charge in [-0.3, -0.25) is 0 Å². The van der Waals surface area contributed by atoms with E-state index in [4.69, 9.17) is 0 Å². The molecule has 1 aliphatic carbocycles. The zero-order valence-electron chi connectivity index (χ0n) is 11.3. The third-order valence-corrected chi connectivity index (χ3v) is 3.92. The van der Waals surface area contributed by atoms with E-state index in [1.807, 2.05) is 6.92 Å². The first-order valence-electron chi connectivity index (χ1n) is 6.60. The Morgan fingerprint density at radius 1 is 1.39 bits per heavy atom. The molecule has 0 bridgehead atoms. The molecule has 1 fully saturated rings. The Morgan fingerprint density at radius 3 is 2.78 bits per heavy atom. The summed E-state index contributed by atoms with van der Waals surface area (Å²) in [5.74, 6) is -0.394. The third-order valence-electron chi connectivity index (χ3n) is 3.92. The molecule has 1 saturated carbocycles. The van der Waals surface area contributed by atoms with Gasteiger partial charge in [-0.25, -0.2) is 8.78 Å². The molecule has 0 radical (unpaired) electrons.